The summed E-state index contributed by atoms with van der Waals surface area (Å²) in [5.41, 5.74) is 3.86. The molecule has 0 spiro atoms. The van der Waals surface area contributed by atoms with Gasteiger partial charge in [0.15, 0.2) is 5.78 Å². The summed E-state index contributed by atoms with van der Waals surface area (Å²) in [5, 5.41) is 9.38. The number of allylic oxidation sites excluding steroid dienone is 2. The summed E-state index contributed by atoms with van der Waals surface area (Å²) < 4.78 is 5.16. The van der Waals surface area contributed by atoms with Crippen LogP contribution in [-0.2, 0) is 4.79 Å². The molecule has 3 nitrogen and oxygen atoms in total. The zero-order valence-corrected chi connectivity index (χ0v) is 13.5. The van der Waals surface area contributed by atoms with Crippen LogP contribution in [0.1, 0.15) is 22.3 Å². The van der Waals surface area contributed by atoms with Gasteiger partial charge in [-0.1, -0.05) is 24.3 Å². The number of aryl methyl sites for hydroxylation is 2. The predicted octanol–water partition coefficient (Wildman–Crippen LogP) is 4.31. The fourth-order valence-corrected chi connectivity index (χ4v) is 2.21. The second kappa shape index (κ2) is 7.45. The molecule has 2 aromatic rings. The minimum atomic E-state index is -0.0901. The molecule has 2 rings (SSSR count). The van der Waals surface area contributed by atoms with Crippen LogP contribution >= 0.6 is 0 Å². The molecule has 0 heterocycles. The maximum Gasteiger partial charge on any atom is 0.178 e. The maximum absolute atomic E-state index is 12.0. The van der Waals surface area contributed by atoms with Gasteiger partial charge in [-0.25, -0.2) is 0 Å². The molecule has 0 bridgehead atoms. The molecule has 3 heteroatoms. The van der Waals surface area contributed by atoms with Crippen molar-refractivity contribution < 1.29 is 14.6 Å². The van der Waals surface area contributed by atoms with Gasteiger partial charge in [0.05, 0.1) is 7.11 Å². The van der Waals surface area contributed by atoms with E-state index < -0.39 is 0 Å². The predicted molar refractivity (Wildman–Crippen MR) is 93.6 cm³/mol. The lowest BCUT2D eigenvalue weighted by Crippen LogP contribution is -1.89. The first-order valence-electron chi connectivity index (χ1n) is 7.34. The van der Waals surface area contributed by atoms with Crippen LogP contribution in [0.15, 0.2) is 48.6 Å². The number of phenols is 1. The molecule has 0 aliphatic rings. The van der Waals surface area contributed by atoms with E-state index in [4.69, 9.17) is 4.74 Å². The normalized spacial score (nSPS) is 11.3. The molecular formula is C20H20O3. The van der Waals surface area contributed by atoms with Gasteiger partial charge in [0, 0.05) is 0 Å². The Bertz CT molecular complexity index is 770. The third kappa shape index (κ3) is 4.58. The average molecular weight is 308 g/mol. The van der Waals surface area contributed by atoms with Gasteiger partial charge in [-0.05, 0) is 72.5 Å². The lowest BCUT2D eigenvalue weighted by molar-refractivity contribution is -0.110. The number of phenolic OH excluding ortho intramolecular Hbond substituents is 1. The molecule has 0 saturated carbocycles. The van der Waals surface area contributed by atoms with Crippen molar-refractivity contribution in [3.8, 4) is 11.5 Å². The van der Waals surface area contributed by atoms with Gasteiger partial charge in [-0.2, -0.15) is 0 Å². The number of benzene rings is 2. The van der Waals surface area contributed by atoms with Crippen LogP contribution in [0.3, 0.4) is 0 Å². The Morgan fingerprint density at radius 1 is 0.957 bits per heavy atom. The Labute approximate surface area is 136 Å². The Morgan fingerprint density at radius 2 is 1.52 bits per heavy atom. The first-order valence-corrected chi connectivity index (χ1v) is 7.34. The number of methoxy groups -OCH3 is 1. The summed E-state index contributed by atoms with van der Waals surface area (Å²) in [7, 11) is 1.63. The molecule has 0 radical (unpaired) electrons. The van der Waals surface area contributed by atoms with Crippen molar-refractivity contribution in [2.45, 2.75) is 13.8 Å². The lowest BCUT2D eigenvalue weighted by atomic mass is 10.1. The van der Waals surface area contributed by atoms with Crippen molar-refractivity contribution in [2.75, 3.05) is 7.11 Å². The molecule has 0 aliphatic heterocycles. The van der Waals surface area contributed by atoms with Crippen molar-refractivity contribution >= 4 is 17.9 Å². The number of hydrogen-bond acceptors (Lipinski definition) is 3. The molecular weight excluding hydrogens is 288 g/mol. The summed E-state index contributed by atoms with van der Waals surface area (Å²) in [4.78, 5) is 12.0. The van der Waals surface area contributed by atoms with Crippen molar-refractivity contribution in [1.29, 1.82) is 0 Å². The standard InChI is InChI=1S/C20H20O3/c1-14-12-19(22)10-6-16(14)4-8-18(21)9-5-17-7-11-20(23-3)13-15(17)2/h4-13,22H,1-3H3/b8-4+,9-5+. The van der Waals surface area contributed by atoms with Crippen LogP contribution in [0.25, 0.3) is 12.2 Å². The number of aromatic hydroxyl groups is 1. The Morgan fingerprint density at radius 3 is 2.04 bits per heavy atom. The van der Waals surface area contributed by atoms with Gasteiger partial charge < -0.3 is 9.84 Å². The van der Waals surface area contributed by atoms with Crippen LogP contribution in [0.2, 0.25) is 0 Å². The summed E-state index contributed by atoms with van der Waals surface area (Å²) in [6.07, 6.45) is 6.61. The van der Waals surface area contributed by atoms with Crippen molar-refractivity contribution in [2.24, 2.45) is 0 Å². The second-order valence-electron chi connectivity index (χ2n) is 5.33. The van der Waals surface area contributed by atoms with Crippen LogP contribution in [0.5, 0.6) is 11.5 Å². The van der Waals surface area contributed by atoms with E-state index in [1.807, 2.05) is 32.0 Å². The van der Waals surface area contributed by atoms with E-state index >= 15 is 0 Å². The van der Waals surface area contributed by atoms with Crippen molar-refractivity contribution in [3.05, 3.63) is 70.8 Å². The summed E-state index contributed by atoms with van der Waals surface area (Å²) in [5.74, 6) is 0.933. The zero-order chi connectivity index (χ0) is 16.8. The lowest BCUT2D eigenvalue weighted by Gasteiger charge is -2.03. The smallest absolute Gasteiger partial charge is 0.178 e. The molecule has 0 amide bonds. The van der Waals surface area contributed by atoms with Crippen LogP contribution in [0, 0.1) is 13.8 Å². The van der Waals surface area contributed by atoms with Gasteiger partial charge >= 0.3 is 0 Å². The molecule has 0 unspecified atom stereocenters. The summed E-state index contributed by atoms with van der Waals surface area (Å²) in [6.45, 7) is 3.86. The number of ether oxygens (including phenoxy) is 1. The average Bonchev–Trinajstić information content (AvgIpc) is 2.52. The van der Waals surface area contributed by atoms with Crippen LogP contribution in [0.4, 0.5) is 0 Å². The highest BCUT2D eigenvalue weighted by Crippen LogP contribution is 2.18. The molecule has 118 valence electrons. The number of hydrogen-bond donors (Lipinski definition) is 1. The highest BCUT2D eigenvalue weighted by Gasteiger charge is 1.99. The topological polar surface area (TPSA) is 46.5 Å². The van der Waals surface area contributed by atoms with E-state index in [-0.39, 0.29) is 11.5 Å². The maximum atomic E-state index is 12.0. The molecule has 2 aromatic carbocycles. The summed E-state index contributed by atoms with van der Waals surface area (Å²) >= 11 is 0. The second-order valence-corrected chi connectivity index (χ2v) is 5.33. The van der Waals surface area contributed by atoms with Crippen LogP contribution in [-0.4, -0.2) is 18.0 Å². The Balaban J connectivity index is 2.08. The van der Waals surface area contributed by atoms with E-state index in [2.05, 4.69) is 0 Å². The van der Waals surface area contributed by atoms with Crippen molar-refractivity contribution in [3.63, 3.8) is 0 Å². The molecule has 0 aliphatic carbocycles. The third-order valence-corrected chi connectivity index (χ3v) is 3.58. The van der Waals surface area contributed by atoms with Crippen molar-refractivity contribution in [1.82, 2.24) is 0 Å². The fraction of sp³-hybridized carbons (Fsp3) is 0.150. The van der Waals surface area contributed by atoms with E-state index in [0.717, 1.165) is 28.0 Å². The Hall–Kier alpha value is -2.81. The summed E-state index contributed by atoms with van der Waals surface area (Å²) in [6, 6.07) is 10.8. The van der Waals surface area contributed by atoms with E-state index in [1.54, 1.807) is 43.5 Å². The largest absolute Gasteiger partial charge is 0.508 e. The first kappa shape index (κ1) is 16.6. The van der Waals surface area contributed by atoms with E-state index in [0.29, 0.717) is 0 Å². The Kier molecular flexibility index (Phi) is 5.36. The minimum Gasteiger partial charge on any atom is -0.508 e. The SMILES string of the molecule is COc1ccc(/C=C/C(=O)/C=C/c2ccc(O)cc2C)c(C)c1. The molecule has 0 fully saturated rings. The minimum absolute atomic E-state index is 0.0901. The highest BCUT2D eigenvalue weighted by molar-refractivity contribution is 6.04. The van der Waals surface area contributed by atoms with Gasteiger partial charge in [-0.15, -0.1) is 0 Å². The zero-order valence-electron chi connectivity index (χ0n) is 13.5. The molecule has 1 N–H and O–H groups in total. The first-order chi connectivity index (χ1) is 11.0. The fourth-order valence-electron chi connectivity index (χ4n) is 2.21. The third-order valence-electron chi connectivity index (χ3n) is 3.58. The number of rotatable bonds is 5. The van der Waals surface area contributed by atoms with E-state index in [9.17, 15) is 9.90 Å². The van der Waals surface area contributed by atoms with Gasteiger partial charge in [-0.3, -0.25) is 4.79 Å². The van der Waals surface area contributed by atoms with E-state index in [1.165, 1.54) is 6.08 Å². The van der Waals surface area contributed by atoms with Gasteiger partial charge in [0.25, 0.3) is 0 Å². The molecule has 0 aromatic heterocycles. The molecule has 23 heavy (non-hydrogen) atoms. The number of carbonyl (C=O) groups is 1. The number of carbonyl (C=O) groups excluding carboxylic acids is 1. The van der Waals surface area contributed by atoms with Crippen LogP contribution < -0.4 is 4.74 Å². The number of ketones is 1. The van der Waals surface area contributed by atoms with Gasteiger partial charge in [0.2, 0.25) is 0 Å². The molecule has 0 saturated heterocycles. The molecule has 0 atom stereocenters. The quantitative estimate of drug-likeness (QED) is 0.837. The highest BCUT2D eigenvalue weighted by atomic mass is 16.5. The monoisotopic (exact) mass is 308 g/mol. The van der Waals surface area contributed by atoms with Gasteiger partial charge in [0.1, 0.15) is 11.5 Å².